The largest absolute Gasteiger partial charge is 0.493 e. The van der Waals surface area contributed by atoms with Gasteiger partial charge in [0.15, 0.2) is 11.5 Å². The maximum atomic E-state index is 9.18. The summed E-state index contributed by atoms with van der Waals surface area (Å²) in [4.78, 5) is 0. The Kier molecular flexibility index (Phi) is 6.99. The summed E-state index contributed by atoms with van der Waals surface area (Å²) >= 11 is 6.22. The van der Waals surface area contributed by atoms with Crippen LogP contribution in [0.25, 0.3) is 0 Å². The number of rotatable bonds is 8. The minimum Gasteiger partial charge on any atom is -0.493 e. The number of aliphatic hydroxyl groups excluding tert-OH is 1. The summed E-state index contributed by atoms with van der Waals surface area (Å²) in [5, 5.41) is 9.71. The van der Waals surface area contributed by atoms with Gasteiger partial charge in [-0.15, -0.1) is 0 Å². The van der Waals surface area contributed by atoms with Crippen molar-refractivity contribution in [3.63, 3.8) is 0 Å². The molecule has 0 fully saturated rings. The van der Waals surface area contributed by atoms with E-state index in [4.69, 9.17) is 26.8 Å². The maximum absolute atomic E-state index is 9.18. The number of aliphatic hydroxyl groups is 1. The monoisotopic (exact) mass is 287 g/mol. The van der Waals surface area contributed by atoms with Crippen molar-refractivity contribution in [2.75, 3.05) is 26.9 Å². The van der Waals surface area contributed by atoms with E-state index in [-0.39, 0.29) is 12.5 Å². The second-order valence-electron chi connectivity index (χ2n) is 4.45. The number of benzene rings is 1. The van der Waals surface area contributed by atoms with Crippen molar-refractivity contribution < 1.29 is 14.6 Å². The van der Waals surface area contributed by atoms with Gasteiger partial charge in [-0.2, -0.15) is 0 Å². The van der Waals surface area contributed by atoms with Gasteiger partial charge in [-0.05, 0) is 43.0 Å². The minimum atomic E-state index is 0.0307. The molecular formula is C14H22ClNO3. The topological polar surface area (TPSA) is 64.7 Å². The van der Waals surface area contributed by atoms with Gasteiger partial charge in [-0.25, -0.2) is 0 Å². The number of hydrogen-bond acceptors (Lipinski definition) is 4. The highest BCUT2D eigenvalue weighted by Gasteiger charge is 2.14. The van der Waals surface area contributed by atoms with E-state index in [1.807, 2.05) is 19.1 Å². The van der Waals surface area contributed by atoms with Crippen molar-refractivity contribution in [3.8, 4) is 11.5 Å². The van der Waals surface area contributed by atoms with Gasteiger partial charge < -0.3 is 20.3 Å². The summed E-state index contributed by atoms with van der Waals surface area (Å²) in [6.45, 7) is 3.12. The van der Waals surface area contributed by atoms with Crippen molar-refractivity contribution in [2.24, 2.45) is 11.7 Å². The Labute approximate surface area is 119 Å². The van der Waals surface area contributed by atoms with E-state index in [1.165, 1.54) is 0 Å². The van der Waals surface area contributed by atoms with Crippen LogP contribution in [0.4, 0.5) is 0 Å². The van der Waals surface area contributed by atoms with Crippen molar-refractivity contribution in [1.82, 2.24) is 0 Å². The molecule has 0 spiro atoms. The van der Waals surface area contributed by atoms with Crippen LogP contribution in [0.15, 0.2) is 12.1 Å². The smallest absolute Gasteiger partial charge is 0.179 e. The lowest BCUT2D eigenvalue weighted by Crippen LogP contribution is -2.20. The Bertz CT molecular complexity index is 395. The number of halogens is 1. The van der Waals surface area contributed by atoms with E-state index in [1.54, 1.807) is 7.11 Å². The van der Waals surface area contributed by atoms with Crippen LogP contribution in [0.5, 0.6) is 11.5 Å². The molecule has 0 saturated carbocycles. The van der Waals surface area contributed by atoms with Gasteiger partial charge in [0.1, 0.15) is 0 Å². The van der Waals surface area contributed by atoms with Crippen LogP contribution in [0, 0.1) is 5.92 Å². The molecule has 1 aromatic carbocycles. The Hall–Kier alpha value is -0.970. The van der Waals surface area contributed by atoms with E-state index in [0.29, 0.717) is 36.1 Å². The minimum absolute atomic E-state index is 0.0307. The van der Waals surface area contributed by atoms with Crippen molar-refractivity contribution >= 4 is 11.6 Å². The Morgan fingerprint density at radius 3 is 2.68 bits per heavy atom. The third kappa shape index (κ3) is 4.56. The first kappa shape index (κ1) is 16.1. The van der Waals surface area contributed by atoms with Crippen LogP contribution in [0.1, 0.15) is 18.9 Å². The zero-order valence-electron chi connectivity index (χ0n) is 11.5. The third-order valence-corrected chi connectivity index (χ3v) is 3.14. The summed E-state index contributed by atoms with van der Waals surface area (Å²) in [7, 11) is 1.58. The number of ether oxygens (including phenoxy) is 2. The second-order valence-corrected chi connectivity index (χ2v) is 4.85. The predicted octanol–water partition coefficient (Wildman–Crippen LogP) is 2.25. The van der Waals surface area contributed by atoms with Crippen LogP contribution < -0.4 is 15.2 Å². The van der Waals surface area contributed by atoms with Crippen LogP contribution in [-0.4, -0.2) is 32.0 Å². The van der Waals surface area contributed by atoms with Crippen molar-refractivity contribution in [1.29, 1.82) is 0 Å². The highest BCUT2D eigenvalue weighted by Crippen LogP contribution is 2.37. The summed E-state index contributed by atoms with van der Waals surface area (Å²) in [5.41, 5.74) is 6.57. The average molecular weight is 288 g/mol. The molecule has 1 aromatic rings. The van der Waals surface area contributed by atoms with E-state index >= 15 is 0 Å². The Morgan fingerprint density at radius 1 is 1.42 bits per heavy atom. The van der Waals surface area contributed by atoms with Gasteiger partial charge in [-0.1, -0.05) is 18.5 Å². The summed E-state index contributed by atoms with van der Waals surface area (Å²) in [6.07, 6.45) is 1.57. The zero-order valence-corrected chi connectivity index (χ0v) is 12.2. The molecule has 0 saturated heterocycles. The summed E-state index contributed by atoms with van der Waals surface area (Å²) < 4.78 is 10.9. The van der Waals surface area contributed by atoms with Gasteiger partial charge in [0.2, 0.25) is 0 Å². The molecule has 0 aliphatic heterocycles. The molecule has 1 atom stereocenters. The molecular weight excluding hydrogens is 266 g/mol. The van der Waals surface area contributed by atoms with Crippen LogP contribution in [0.3, 0.4) is 0 Å². The number of methoxy groups -OCH3 is 1. The van der Waals surface area contributed by atoms with Gasteiger partial charge in [0.05, 0.1) is 18.7 Å². The van der Waals surface area contributed by atoms with Gasteiger partial charge in [-0.3, -0.25) is 0 Å². The molecule has 4 nitrogen and oxygen atoms in total. The van der Waals surface area contributed by atoms with Crippen LogP contribution in [-0.2, 0) is 6.42 Å². The quantitative estimate of drug-likeness (QED) is 0.770. The molecule has 0 aliphatic carbocycles. The second kappa shape index (κ2) is 8.25. The first-order chi connectivity index (χ1) is 9.15. The molecule has 1 rings (SSSR count). The molecule has 108 valence electrons. The Balaban J connectivity index is 2.94. The lowest BCUT2D eigenvalue weighted by molar-refractivity contribution is 0.229. The fourth-order valence-corrected chi connectivity index (χ4v) is 2.08. The Morgan fingerprint density at radius 2 is 2.16 bits per heavy atom. The van der Waals surface area contributed by atoms with Crippen LogP contribution in [0.2, 0.25) is 5.02 Å². The first-order valence-corrected chi connectivity index (χ1v) is 6.84. The molecule has 1 unspecified atom stereocenters. The fourth-order valence-electron chi connectivity index (χ4n) is 1.79. The number of hydrogen-bond donors (Lipinski definition) is 2. The zero-order chi connectivity index (χ0) is 14.3. The third-order valence-electron chi connectivity index (χ3n) is 2.86. The molecule has 0 aromatic heterocycles. The average Bonchev–Trinajstić information content (AvgIpc) is 2.43. The predicted molar refractivity (Wildman–Crippen MR) is 77.1 cm³/mol. The van der Waals surface area contributed by atoms with Gasteiger partial charge in [0, 0.05) is 6.61 Å². The van der Waals surface area contributed by atoms with E-state index in [0.717, 1.165) is 12.0 Å². The maximum Gasteiger partial charge on any atom is 0.179 e. The van der Waals surface area contributed by atoms with Crippen molar-refractivity contribution in [2.45, 2.75) is 19.8 Å². The molecule has 0 radical (unpaired) electrons. The molecule has 3 N–H and O–H groups in total. The normalized spacial score (nSPS) is 12.3. The molecule has 19 heavy (non-hydrogen) atoms. The molecule has 0 bridgehead atoms. The highest BCUT2D eigenvalue weighted by atomic mass is 35.5. The van der Waals surface area contributed by atoms with Crippen molar-refractivity contribution in [3.05, 3.63) is 22.7 Å². The van der Waals surface area contributed by atoms with Gasteiger partial charge in [0.25, 0.3) is 0 Å². The first-order valence-electron chi connectivity index (χ1n) is 6.46. The summed E-state index contributed by atoms with van der Waals surface area (Å²) in [6, 6.07) is 3.72. The van der Waals surface area contributed by atoms with Crippen LogP contribution >= 0.6 is 11.6 Å². The fraction of sp³-hybridized carbons (Fsp3) is 0.571. The van der Waals surface area contributed by atoms with E-state index in [9.17, 15) is 5.11 Å². The molecule has 0 heterocycles. The summed E-state index contributed by atoms with van der Waals surface area (Å²) in [5.74, 6) is 1.22. The lowest BCUT2D eigenvalue weighted by atomic mass is 10.00. The van der Waals surface area contributed by atoms with E-state index in [2.05, 4.69) is 0 Å². The number of nitrogens with two attached hydrogens (primary N) is 1. The molecule has 0 aliphatic rings. The molecule has 0 amide bonds. The molecule has 5 heteroatoms. The highest BCUT2D eigenvalue weighted by molar-refractivity contribution is 6.32. The van der Waals surface area contributed by atoms with E-state index < -0.39 is 0 Å². The lowest BCUT2D eigenvalue weighted by Gasteiger charge is -2.16. The standard InChI is InChI=1S/C14H22ClNO3/c1-3-4-19-14-12(15)6-10(7-13(14)18-2)5-11(8-16)9-17/h6-7,11,17H,3-5,8-9,16H2,1-2H3. The SMILES string of the molecule is CCCOc1c(Cl)cc(CC(CN)CO)cc1OC. The van der Waals surface area contributed by atoms with Gasteiger partial charge >= 0.3 is 0 Å².